The minimum absolute atomic E-state index is 0.587. The van der Waals surface area contributed by atoms with E-state index in [2.05, 4.69) is 59.6 Å². The topological polar surface area (TPSA) is 63.3 Å². The largest absolute Gasteiger partial charge is 0.276 e. The van der Waals surface area contributed by atoms with Crippen LogP contribution in [-0.4, -0.2) is 23.3 Å². The summed E-state index contributed by atoms with van der Waals surface area (Å²) in [6.45, 7) is 0. The zero-order valence-corrected chi connectivity index (χ0v) is 19.3. The average molecular weight is 503 g/mol. The fraction of sp³-hybridized carbons (Fsp3) is 0. The molecular weight excluding hydrogens is 488 g/mol. The van der Waals surface area contributed by atoms with Crippen LogP contribution in [0.15, 0.2) is 95.5 Å². The van der Waals surface area contributed by atoms with E-state index in [0.717, 1.165) is 49.0 Å². The Hall–Kier alpha value is -4.41. The highest BCUT2D eigenvalue weighted by atomic mass is 79.9. The summed E-state index contributed by atoms with van der Waals surface area (Å²) in [5.74, 6) is 1.45. The lowest BCUT2D eigenvalue weighted by atomic mass is 10.2. The first-order valence-corrected chi connectivity index (χ1v) is 11.6. The standard InChI is InChI=1S/C27H15BrN6/c28-18-6-5-7-19(15-18)32-26-30-20-8-1-3-10-22(20)33(26)24-13-12-17(16-29)14-25(24)34-23-11-4-2-9-21(23)31-27(32)34/h1-15H. The van der Waals surface area contributed by atoms with Crippen LogP contribution in [0.1, 0.15) is 5.56 Å². The number of hydrogen-bond donors (Lipinski definition) is 0. The highest BCUT2D eigenvalue weighted by Gasteiger charge is 2.18. The Morgan fingerprint density at radius 1 is 0.647 bits per heavy atom. The summed E-state index contributed by atoms with van der Waals surface area (Å²) in [7, 11) is 0. The molecule has 34 heavy (non-hydrogen) atoms. The van der Waals surface area contributed by atoms with Crippen molar-refractivity contribution in [2.24, 2.45) is 0 Å². The van der Waals surface area contributed by atoms with Crippen molar-refractivity contribution >= 4 is 60.6 Å². The van der Waals surface area contributed by atoms with Crippen molar-refractivity contribution in [1.29, 1.82) is 5.26 Å². The van der Waals surface area contributed by atoms with Gasteiger partial charge in [0.15, 0.2) is 0 Å². The van der Waals surface area contributed by atoms with Crippen LogP contribution in [0, 0.1) is 11.3 Å². The summed E-state index contributed by atoms with van der Waals surface area (Å²) >= 11 is 3.63. The van der Waals surface area contributed by atoms with Gasteiger partial charge in [0.05, 0.1) is 50.4 Å². The third-order valence-corrected chi connectivity index (χ3v) is 6.63. The summed E-state index contributed by atoms with van der Waals surface area (Å²) in [5.41, 5.74) is 7.03. The monoisotopic (exact) mass is 502 g/mol. The number of aromatic nitrogens is 5. The molecule has 3 aromatic heterocycles. The van der Waals surface area contributed by atoms with Gasteiger partial charge < -0.3 is 0 Å². The van der Waals surface area contributed by atoms with Gasteiger partial charge in [-0.05, 0) is 60.7 Å². The molecule has 3 heterocycles. The fourth-order valence-electron chi connectivity index (χ4n) is 4.70. The third-order valence-electron chi connectivity index (χ3n) is 6.14. The lowest BCUT2D eigenvalue weighted by molar-refractivity contribution is 1.03. The van der Waals surface area contributed by atoms with Crippen LogP contribution >= 0.6 is 15.9 Å². The van der Waals surface area contributed by atoms with Gasteiger partial charge in [0, 0.05) is 4.47 Å². The molecular formula is C27H15BrN6. The number of para-hydroxylation sites is 4. The Morgan fingerprint density at radius 3 is 1.94 bits per heavy atom. The quantitative estimate of drug-likeness (QED) is 0.260. The SMILES string of the molecule is N#Cc1ccc2c(c1)n1c3ccccc3nc1n(-c1cccc(Br)c1)c1nc3ccccc3n21. The first-order chi connectivity index (χ1) is 16.7. The molecule has 7 aromatic rings. The van der Waals surface area contributed by atoms with E-state index in [1.807, 2.05) is 66.7 Å². The molecule has 0 unspecified atom stereocenters. The Morgan fingerprint density at radius 2 is 1.29 bits per heavy atom. The van der Waals surface area contributed by atoms with Crippen LogP contribution in [0.2, 0.25) is 0 Å². The van der Waals surface area contributed by atoms with Gasteiger partial charge in [-0.3, -0.25) is 8.80 Å². The minimum Gasteiger partial charge on any atom is -0.276 e. The second-order valence-electron chi connectivity index (χ2n) is 8.10. The zero-order valence-electron chi connectivity index (χ0n) is 17.7. The highest BCUT2D eigenvalue weighted by molar-refractivity contribution is 9.10. The molecule has 0 spiro atoms. The van der Waals surface area contributed by atoms with E-state index in [-0.39, 0.29) is 0 Å². The Bertz CT molecular complexity index is 2000. The molecule has 0 saturated carbocycles. The zero-order chi connectivity index (χ0) is 22.8. The normalized spacial score (nSPS) is 11.6. The van der Waals surface area contributed by atoms with E-state index < -0.39 is 0 Å². The number of halogens is 1. The van der Waals surface area contributed by atoms with E-state index in [1.54, 1.807) is 0 Å². The first kappa shape index (κ1) is 19.1. The number of hydrogen-bond acceptors (Lipinski definition) is 3. The molecule has 0 atom stereocenters. The van der Waals surface area contributed by atoms with E-state index in [1.165, 1.54) is 0 Å². The van der Waals surface area contributed by atoms with Crippen LogP contribution in [-0.2, 0) is 0 Å². The van der Waals surface area contributed by atoms with E-state index >= 15 is 0 Å². The van der Waals surface area contributed by atoms with Crippen LogP contribution in [0.3, 0.4) is 0 Å². The van der Waals surface area contributed by atoms with Crippen molar-refractivity contribution in [3.63, 3.8) is 0 Å². The first-order valence-electron chi connectivity index (χ1n) is 10.8. The predicted octanol–water partition coefficient (Wildman–Crippen LogP) is 6.43. The maximum absolute atomic E-state index is 9.70. The number of rotatable bonds is 1. The minimum atomic E-state index is 0.587. The van der Waals surface area contributed by atoms with Crippen LogP contribution in [0.25, 0.3) is 50.3 Å². The molecule has 7 rings (SSSR count). The molecule has 0 amide bonds. The van der Waals surface area contributed by atoms with Crippen LogP contribution in [0.4, 0.5) is 0 Å². The molecule has 7 heteroatoms. The maximum Gasteiger partial charge on any atom is 0.223 e. The summed E-state index contributed by atoms with van der Waals surface area (Å²) < 4.78 is 7.31. The average Bonchev–Trinajstić information content (AvgIpc) is 3.40. The van der Waals surface area contributed by atoms with E-state index in [0.29, 0.717) is 11.3 Å². The Labute approximate surface area is 201 Å². The second-order valence-corrected chi connectivity index (χ2v) is 9.02. The smallest absolute Gasteiger partial charge is 0.223 e. The predicted molar refractivity (Wildman–Crippen MR) is 137 cm³/mol. The fourth-order valence-corrected chi connectivity index (χ4v) is 5.09. The molecule has 4 aromatic carbocycles. The molecule has 6 nitrogen and oxygen atoms in total. The number of fused-ring (bicyclic) bond motifs is 9. The number of imidazole rings is 2. The van der Waals surface area contributed by atoms with Crippen molar-refractivity contribution in [2.45, 2.75) is 0 Å². The van der Waals surface area contributed by atoms with Crippen molar-refractivity contribution in [2.75, 3.05) is 0 Å². The second kappa shape index (κ2) is 7.04. The lowest BCUT2D eigenvalue weighted by Crippen LogP contribution is -2.01. The Balaban J connectivity index is 1.90. The van der Waals surface area contributed by atoms with Gasteiger partial charge in [0.1, 0.15) is 0 Å². The molecule has 0 aliphatic carbocycles. The summed E-state index contributed by atoms with van der Waals surface area (Å²) in [4.78, 5) is 10.1. The van der Waals surface area contributed by atoms with E-state index in [4.69, 9.17) is 9.97 Å². The van der Waals surface area contributed by atoms with Crippen molar-refractivity contribution < 1.29 is 0 Å². The van der Waals surface area contributed by atoms with Gasteiger partial charge in [0.25, 0.3) is 0 Å². The maximum atomic E-state index is 9.70. The van der Waals surface area contributed by atoms with E-state index in [9.17, 15) is 5.26 Å². The van der Waals surface area contributed by atoms with Crippen molar-refractivity contribution in [1.82, 2.24) is 23.3 Å². The number of nitriles is 1. The van der Waals surface area contributed by atoms with Crippen molar-refractivity contribution in [3.8, 4) is 11.8 Å². The van der Waals surface area contributed by atoms with Gasteiger partial charge in [-0.1, -0.05) is 46.3 Å². The molecule has 0 aliphatic heterocycles. The van der Waals surface area contributed by atoms with Crippen molar-refractivity contribution in [3.05, 3.63) is 101 Å². The summed E-state index contributed by atoms with van der Waals surface area (Å²) in [6, 6.07) is 32.3. The molecule has 160 valence electrons. The Kier molecular flexibility index (Phi) is 3.96. The van der Waals surface area contributed by atoms with Gasteiger partial charge in [0.2, 0.25) is 11.6 Å². The van der Waals surface area contributed by atoms with Crippen LogP contribution < -0.4 is 0 Å². The van der Waals surface area contributed by atoms with Gasteiger partial charge in [-0.15, -0.1) is 0 Å². The molecule has 0 fully saturated rings. The molecule has 0 bridgehead atoms. The van der Waals surface area contributed by atoms with Gasteiger partial charge in [-0.2, -0.15) is 5.26 Å². The summed E-state index contributed by atoms with van der Waals surface area (Å²) in [6.07, 6.45) is 0. The molecule has 0 radical (unpaired) electrons. The molecule has 0 N–H and O–H groups in total. The molecule has 0 saturated heterocycles. The van der Waals surface area contributed by atoms with Gasteiger partial charge >= 0.3 is 0 Å². The number of nitrogens with zero attached hydrogens (tertiary/aromatic N) is 6. The van der Waals surface area contributed by atoms with Gasteiger partial charge in [-0.25, -0.2) is 14.5 Å². The lowest BCUT2D eigenvalue weighted by Gasteiger charge is -2.07. The molecule has 0 aliphatic rings. The summed E-state index contributed by atoms with van der Waals surface area (Å²) in [5, 5.41) is 9.70. The third kappa shape index (κ3) is 2.60. The highest BCUT2D eigenvalue weighted by Crippen LogP contribution is 2.30. The van der Waals surface area contributed by atoms with Crippen LogP contribution in [0.5, 0.6) is 0 Å². The number of benzene rings is 4.